The second-order valence-corrected chi connectivity index (χ2v) is 10.3. The van der Waals surface area contributed by atoms with E-state index in [1.54, 1.807) is 13.3 Å². The lowest BCUT2D eigenvalue weighted by atomic mass is 9.88. The molecular weight excluding hydrogens is 539 g/mol. The van der Waals surface area contributed by atoms with Crippen molar-refractivity contribution in [1.82, 2.24) is 25.1 Å². The van der Waals surface area contributed by atoms with Gasteiger partial charge in [0.25, 0.3) is 0 Å². The van der Waals surface area contributed by atoms with Crippen molar-refractivity contribution in [2.24, 2.45) is 4.99 Å². The van der Waals surface area contributed by atoms with Crippen LogP contribution in [0.25, 0.3) is 16.6 Å². The molecule has 3 aromatic carbocycles. The summed E-state index contributed by atoms with van der Waals surface area (Å²) in [4.78, 5) is 21.5. The van der Waals surface area contributed by atoms with Crippen molar-refractivity contribution in [3.05, 3.63) is 100 Å². The number of aryl methyl sites for hydroxylation is 1. The van der Waals surface area contributed by atoms with Crippen LogP contribution in [-0.2, 0) is 11.2 Å². The maximum Gasteiger partial charge on any atom is 0.328 e. The predicted octanol–water partition coefficient (Wildman–Crippen LogP) is 3.60. The fourth-order valence-electron chi connectivity index (χ4n) is 5.23. The number of fused-ring (bicyclic) bond motifs is 4. The van der Waals surface area contributed by atoms with Gasteiger partial charge in [0.05, 0.1) is 24.9 Å². The molecule has 5 aromatic rings. The zero-order valence-electron chi connectivity index (χ0n) is 22.6. The number of aromatic nitrogens is 4. The Hall–Kier alpha value is -4.41. The molecule has 0 saturated heterocycles. The lowest BCUT2D eigenvalue weighted by Gasteiger charge is -2.14. The van der Waals surface area contributed by atoms with Gasteiger partial charge in [-0.25, -0.2) is 0 Å². The summed E-state index contributed by atoms with van der Waals surface area (Å²) in [7, 11) is 2.71. The molecule has 0 bridgehead atoms. The number of aliphatic imine (C=N–C) groups is 1. The summed E-state index contributed by atoms with van der Waals surface area (Å²) in [5, 5.41) is 22.7. The van der Waals surface area contributed by atoms with Crippen LogP contribution in [0.4, 0.5) is 0 Å². The van der Waals surface area contributed by atoms with Crippen LogP contribution in [-0.4, -0.2) is 57.5 Å². The lowest BCUT2D eigenvalue weighted by Crippen LogP contribution is -2.27. The van der Waals surface area contributed by atoms with Gasteiger partial charge in [0.2, 0.25) is 5.91 Å². The second kappa shape index (κ2) is 11.2. The summed E-state index contributed by atoms with van der Waals surface area (Å²) in [6, 6.07) is 18.7. The first-order valence-electron chi connectivity index (χ1n) is 13.2. The van der Waals surface area contributed by atoms with E-state index in [-0.39, 0.29) is 12.3 Å². The molecule has 1 aliphatic heterocycles. The first-order chi connectivity index (χ1) is 19.9. The van der Waals surface area contributed by atoms with Gasteiger partial charge in [-0.3, -0.25) is 14.4 Å². The van der Waals surface area contributed by atoms with Gasteiger partial charge in [0, 0.05) is 28.2 Å². The smallest absolute Gasteiger partial charge is 0.328 e. The summed E-state index contributed by atoms with van der Waals surface area (Å²) < 4.78 is 7.49. The molecule has 3 N–H and O–H groups in total. The molecule has 1 atom stereocenters. The van der Waals surface area contributed by atoms with Gasteiger partial charge in [0.1, 0.15) is 17.6 Å². The van der Waals surface area contributed by atoms with Crippen LogP contribution in [0.3, 0.4) is 0 Å². The number of nitrogens with one attached hydrogen (secondary N) is 2. The van der Waals surface area contributed by atoms with E-state index in [2.05, 4.69) is 20.5 Å². The minimum atomic E-state index is -0.566. The Morgan fingerprint density at radius 1 is 1.15 bits per heavy atom. The van der Waals surface area contributed by atoms with E-state index in [0.717, 1.165) is 51.9 Å². The SMILES string of the molecule is COc1ccc2c(c1)C(c1ccc(Cl)cc1)=NC(CC(=O)NCCc1ccc3c([B]O)c[nH]c3c1)c1nnc(C)n1-2. The first kappa shape index (κ1) is 26.8. The van der Waals surface area contributed by atoms with Crippen molar-refractivity contribution in [2.45, 2.75) is 25.8 Å². The van der Waals surface area contributed by atoms with Crippen LogP contribution in [0, 0.1) is 6.92 Å². The number of benzene rings is 3. The Balaban J connectivity index is 1.27. The summed E-state index contributed by atoms with van der Waals surface area (Å²) >= 11 is 6.19. The number of ether oxygens (including phenoxy) is 1. The highest BCUT2D eigenvalue weighted by Gasteiger charge is 2.30. The third-order valence-corrected chi connectivity index (χ3v) is 7.53. The molecule has 0 spiro atoms. The van der Waals surface area contributed by atoms with Gasteiger partial charge >= 0.3 is 7.48 Å². The van der Waals surface area contributed by atoms with Crippen molar-refractivity contribution in [3.8, 4) is 11.4 Å². The Morgan fingerprint density at radius 3 is 2.76 bits per heavy atom. The second-order valence-electron chi connectivity index (χ2n) is 9.88. The van der Waals surface area contributed by atoms with Crippen LogP contribution >= 0.6 is 11.6 Å². The summed E-state index contributed by atoms with van der Waals surface area (Å²) in [5.74, 6) is 1.85. The van der Waals surface area contributed by atoms with E-state index < -0.39 is 6.04 Å². The van der Waals surface area contributed by atoms with Gasteiger partial charge in [-0.05, 0) is 72.4 Å². The van der Waals surface area contributed by atoms with Gasteiger partial charge in [-0.15, -0.1) is 10.2 Å². The standard InChI is InChI=1S/C30H27BClN6O3/c1-17-36-37-30-26(15-28(39)33-12-11-18-3-9-22-24(31-40)16-34-25(22)13-18)35-29(19-4-6-20(32)7-5-19)23-14-21(41-2)8-10-27(23)38(17)30/h3-10,13-14,16,26,34,40H,11-12,15H2,1-2H3,(H,33,39). The number of carbonyl (C=O) groups is 1. The molecule has 1 aliphatic rings. The fraction of sp³-hybridized carbons (Fsp3) is 0.200. The largest absolute Gasteiger partial charge is 0.497 e. The van der Waals surface area contributed by atoms with Crippen molar-refractivity contribution >= 4 is 47.1 Å². The molecule has 41 heavy (non-hydrogen) atoms. The van der Waals surface area contributed by atoms with Crippen molar-refractivity contribution in [1.29, 1.82) is 0 Å². The maximum absolute atomic E-state index is 13.2. The molecule has 9 nitrogen and oxygen atoms in total. The fourth-order valence-corrected chi connectivity index (χ4v) is 5.35. The predicted molar refractivity (Wildman–Crippen MR) is 160 cm³/mol. The Kier molecular flexibility index (Phi) is 7.34. The number of nitrogens with zero attached hydrogens (tertiary/aromatic N) is 4. The summed E-state index contributed by atoms with van der Waals surface area (Å²) in [6.07, 6.45) is 2.52. The number of hydrogen-bond acceptors (Lipinski definition) is 6. The van der Waals surface area contributed by atoms with E-state index in [0.29, 0.717) is 35.4 Å². The van der Waals surface area contributed by atoms with Gasteiger partial charge < -0.3 is 20.1 Å². The minimum absolute atomic E-state index is 0.103. The van der Waals surface area contributed by atoms with E-state index in [4.69, 9.17) is 21.3 Å². The maximum atomic E-state index is 13.2. The number of aromatic amines is 1. The average Bonchev–Trinajstić information content (AvgIpc) is 3.54. The Bertz CT molecular complexity index is 1780. The van der Waals surface area contributed by atoms with Gasteiger partial charge in [-0.1, -0.05) is 35.9 Å². The zero-order chi connectivity index (χ0) is 28.5. The number of hydrogen-bond donors (Lipinski definition) is 3. The molecule has 0 saturated carbocycles. The Labute approximate surface area is 242 Å². The summed E-state index contributed by atoms with van der Waals surface area (Å²) in [6.45, 7) is 2.35. The van der Waals surface area contributed by atoms with E-state index in [9.17, 15) is 9.82 Å². The third-order valence-electron chi connectivity index (χ3n) is 7.28. The highest BCUT2D eigenvalue weighted by atomic mass is 35.5. The van der Waals surface area contributed by atoms with Crippen molar-refractivity contribution in [3.63, 3.8) is 0 Å². The number of carbonyl (C=O) groups excluding carboxylic acids is 1. The lowest BCUT2D eigenvalue weighted by molar-refractivity contribution is -0.121. The number of methoxy groups -OCH3 is 1. The quantitative estimate of drug-likeness (QED) is 0.249. The molecule has 2 aromatic heterocycles. The van der Waals surface area contributed by atoms with Crippen LogP contribution in [0.1, 0.15) is 40.8 Å². The van der Waals surface area contributed by atoms with Crippen LogP contribution in [0.2, 0.25) is 5.02 Å². The van der Waals surface area contributed by atoms with Crippen LogP contribution in [0.15, 0.2) is 71.9 Å². The van der Waals surface area contributed by atoms with Gasteiger partial charge in [0.15, 0.2) is 5.82 Å². The number of H-pyrrole nitrogens is 1. The molecule has 1 unspecified atom stereocenters. The number of halogens is 1. The van der Waals surface area contributed by atoms with E-state index in [1.165, 1.54) is 0 Å². The molecule has 0 fully saturated rings. The monoisotopic (exact) mass is 565 g/mol. The molecule has 1 amide bonds. The topological polar surface area (TPSA) is 117 Å². The number of amides is 1. The zero-order valence-corrected chi connectivity index (χ0v) is 23.3. The normalized spacial score (nSPS) is 14.1. The summed E-state index contributed by atoms with van der Waals surface area (Å²) in [5.41, 5.74) is 6.04. The highest BCUT2D eigenvalue weighted by Crippen LogP contribution is 2.34. The minimum Gasteiger partial charge on any atom is -0.497 e. The van der Waals surface area contributed by atoms with Crippen molar-refractivity contribution < 1.29 is 14.6 Å². The van der Waals surface area contributed by atoms with Crippen molar-refractivity contribution in [2.75, 3.05) is 13.7 Å². The number of rotatable bonds is 8. The van der Waals surface area contributed by atoms with E-state index in [1.807, 2.05) is 72.2 Å². The molecule has 0 aliphatic carbocycles. The molecule has 6 rings (SSSR count). The third kappa shape index (κ3) is 5.24. The highest BCUT2D eigenvalue weighted by molar-refractivity contribution is 6.50. The van der Waals surface area contributed by atoms with Crippen LogP contribution < -0.4 is 15.5 Å². The van der Waals surface area contributed by atoms with Gasteiger partial charge in [-0.2, -0.15) is 0 Å². The van der Waals surface area contributed by atoms with E-state index >= 15 is 0 Å². The molecular formula is C30H27BClN6O3. The first-order valence-corrected chi connectivity index (χ1v) is 13.6. The molecule has 1 radical (unpaired) electrons. The molecule has 3 heterocycles. The average molecular weight is 566 g/mol. The van der Waals surface area contributed by atoms with Crippen LogP contribution in [0.5, 0.6) is 5.75 Å². The molecule has 205 valence electrons. The molecule has 11 heteroatoms. The Morgan fingerprint density at radius 2 is 1.98 bits per heavy atom.